The monoisotopic (exact) mass is 471 g/mol. The highest BCUT2D eigenvalue weighted by atomic mass is 32.2. The number of fused-ring (bicyclic) bond motifs is 2. The molecule has 2 amide bonds. The fourth-order valence-electron chi connectivity index (χ4n) is 5.42. The second-order valence-corrected chi connectivity index (χ2v) is 11.1. The zero-order valence-electron chi connectivity index (χ0n) is 19.5. The van der Waals surface area contributed by atoms with Crippen molar-refractivity contribution in [2.24, 2.45) is 4.36 Å². The Morgan fingerprint density at radius 2 is 1.97 bits per heavy atom. The molecule has 2 N–H and O–H groups in total. The van der Waals surface area contributed by atoms with E-state index in [1.807, 2.05) is 6.08 Å². The maximum atomic E-state index is 13.4. The second-order valence-electron chi connectivity index (χ2n) is 9.29. The number of carbonyl (C=O) groups is 1. The number of aryl methyl sites for hydroxylation is 2. The van der Waals surface area contributed by atoms with Gasteiger partial charge in [0.15, 0.2) is 9.92 Å². The van der Waals surface area contributed by atoms with E-state index in [-0.39, 0.29) is 5.54 Å². The summed E-state index contributed by atoms with van der Waals surface area (Å²) in [6.45, 7) is 4.34. The predicted molar refractivity (Wildman–Crippen MR) is 129 cm³/mol. The van der Waals surface area contributed by atoms with Crippen LogP contribution in [-0.2, 0) is 40.3 Å². The van der Waals surface area contributed by atoms with Crippen molar-refractivity contribution in [3.05, 3.63) is 39.8 Å². The third kappa shape index (κ3) is 5.08. The number of hydrogen-bond acceptors (Lipinski definition) is 6. The van der Waals surface area contributed by atoms with Crippen molar-refractivity contribution in [1.29, 1.82) is 5.26 Å². The molecule has 178 valence electrons. The highest BCUT2D eigenvalue weighted by molar-refractivity contribution is 7.95. The van der Waals surface area contributed by atoms with Gasteiger partial charge in [0.2, 0.25) is 6.19 Å². The maximum absolute atomic E-state index is 13.4. The summed E-state index contributed by atoms with van der Waals surface area (Å²) in [6, 6.07) is 1.70. The van der Waals surface area contributed by atoms with Crippen LogP contribution in [0.4, 0.5) is 10.5 Å². The number of benzene rings is 1. The van der Waals surface area contributed by atoms with Gasteiger partial charge in [0.25, 0.3) is 0 Å². The summed E-state index contributed by atoms with van der Waals surface area (Å²) in [5, 5.41) is 13.5. The minimum absolute atomic E-state index is 0.328. The molecule has 0 aromatic heterocycles. The van der Waals surface area contributed by atoms with Gasteiger partial charge in [-0.25, -0.2) is 13.7 Å². The van der Waals surface area contributed by atoms with Gasteiger partial charge in [-0.05, 0) is 87.1 Å². The first-order chi connectivity index (χ1) is 15.9. The third-order valence-corrected chi connectivity index (χ3v) is 8.47. The molecule has 1 aromatic rings. The molecule has 3 aliphatic rings. The highest BCUT2D eigenvalue weighted by Gasteiger charge is 2.34. The molecule has 9 heteroatoms. The van der Waals surface area contributed by atoms with Gasteiger partial charge in [-0.2, -0.15) is 5.26 Å². The molecule has 1 saturated heterocycles. The fraction of sp³-hybridized carbons (Fsp3) is 0.583. The summed E-state index contributed by atoms with van der Waals surface area (Å²) in [5.74, 6) is 0. The van der Waals surface area contributed by atoms with Gasteiger partial charge in [-0.15, -0.1) is 0 Å². The Morgan fingerprint density at radius 3 is 2.61 bits per heavy atom. The summed E-state index contributed by atoms with van der Waals surface area (Å²) in [5.41, 5.74) is 5.53. The van der Waals surface area contributed by atoms with E-state index in [2.05, 4.69) is 32.3 Å². The molecule has 33 heavy (non-hydrogen) atoms. The predicted octanol–water partition coefficient (Wildman–Crippen LogP) is 3.66. The van der Waals surface area contributed by atoms with Crippen molar-refractivity contribution in [3.8, 4) is 6.19 Å². The molecule has 0 bridgehead atoms. The fourth-order valence-corrected chi connectivity index (χ4v) is 6.51. The van der Waals surface area contributed by atoms with E-state index in [0.29, 0.717) is 6.61 Å². The Hall–Kier alpha value is -2.41. The van der Waals surface area contributed by atoms with Crippen molar-refractivity contribution in [2.75, 3.05) is 32.1 Å². The quantitative estimate of drug-likeness (QED) is 0.590. The first-order valence-electron chi connectivity index (χ1n) is 11.7. The van der Waals surface area contributed by atoms with E-state index < -0.39 is 15.9 Å². The van der Waals surface area contributed by atoms with Gasteiger partial charge in [0, 0.05) is 30.3 Å². The number of rotatable bonds is 7. The average Bonchev–Trinajstić information content (AvgIpc) is 3.51. The number of methoxy groups -OCH3 is 1. The summed E-state index contributed by atoms with van der Waals surface area (Å²) >= 11 is 0. The number of urea groups is 1. The number of likely N-dealkylation sites (tertiary alicyclic amines) is 1. The van der Waals surface area contributed by atoms with Crippen LogP contribution in [0.5, 0.6) is 0 Å². The van der Waals surface area contributed by atoms with Crippen LogP contribution in [0, 0.1) is 11.5 Å². The van der Waals surface area contributed by atoms with Crippen LogP contribution in [0.25, 0.3) is 0 Å². The van der Waals surface area contributed by atoms with E-state index in [4.69, 9.17) is 10.00 Å². The number of nitrogens with zero attached hydrogens (tertiary/aromatic N) is 3. The molecule has 1 fully saturated rings. The number of anilines is 1. The van der Waals surface area contributed by atoms with Gasteiger partial charge >= 0.3 is 6.03 Å². The van der Waals surface area contributed by atoms with Crippen molar-refractivity contribution in [3.63, 3.8) is 0 Å². The number of hydrogen-bond donors (Lipinski definition) is 2. The summed E-state index contributed by atoms with van der Waals surface area (Å²) in [4.78, 5) is 15.2. The maximum Gasteiger partial charge on any atom is 0.331 e. The molecule has 0 radical (unpaired) electrons. The van der Waals surface area contributed by atoms with E-state index in [1.165, 1.54) is 27.7 Å². The van der Waals surface area contributed by atoms with Crippen molar-refractivity contribution < 1.29 is 13.7 Å². The largest absolute Gasteiger partial charge is 0.383 e. The van der Waals surface area contributed by atoms with Crippen LogP contribution >= 0.6 is 0 Å². The van der Waals surface area contributed by atoms with Crippen LogP contribution in [-0.4, -0.2) is 47.5 Å². The van der Waals surface area contributed by atoms with Crippen molar-refractivity contribution in [1.82, 2.24) is 9.62 Å². The van der Waals surface area contributed by atoms with Crippen LogP contribution in [0.15, 0.2) is 21.9 Å². The lowest BCUT2D eigenvalue weighted by Gasteiger charge is -2.32. The van der Waals surface area contributed by atoms with Crippen LogP contribution in [0.3, 0.4) is 0 Å². The normalized spacial score (nSPS) is 23.7. The molecule has 0 spiro atoms. The molecule has 4 rings (SSSR count). The Kier molecular flexibility index (Phi) is 7.07. The van der Waals surface area contributed by atoms with Crippen molar-refractivity contribution in [2.45, 2.75) is 63.8 Å². The number of nitrogens with one attached hydrogen (secondary N) is 2. The zero-order chi connectivity index (χ0) is 23.5. The van der Waals surface area contributed by atoms with Crippen LogP contribution in [0.2, 0.25) is 0 Å². The highest BCUT2D eigenvalue weighted by Crippen LogP contribution is 2.38. The summed E-state index contributed by atoms with van der Waals surface area (Å²) < 4.78 is 24.7. The standard InChI is InChI=1S/C24H33N5O3S/c1-24(10-5-12-29(24)13-14-32-2)11-15-33(31,26-17-25)28-23(30)27-22-20-8-3-6-18(20)16-19-7-4-9-21(19)22/h11,15-16H,3-10,12-14H2,1-2H3,(H2,26,27,28,30,31)/b15-11+/t24-,33?/m0/s1. The lowest BCUT2D eigenvalue weighted by Crippen LogP contribution is -2.41. The van der Waals surface area contributed by atoms with E-state index >= 15 is 0 Å². The third-order valence-electron chi connectivity index (χ3n) is 7.14. The minimum atomic E-state index is -3.39. The molecule has 2 atom stereocenters. The zero-order valence-corrected chi connectivity index (χ0v) is 20.3. The second kappa shape index (κ2) is 9.84. The van der Waals surface area contributed by atoms with E-state index in [9.17, 15) is 9.00 Å². The summed E-state index contributed by atoms with van der Waals surface area (Å²) in [6.07, 6.45) is 11.4. The van der Waals surface area contributed by atoms with Crippen LogP contribution < -0.4 is 10.0 Å². The molecule has 1 aliphatic heterocycles. The molecule has 0 saturated carbocycles. The number of nitriles is 1. The van der Waals surface area contributed by atoms with E-state index in [0.717, 1.165) is 70.1 Å². The molecule has 1 aromatic carbocycles. The molecular formula is C24H33N5O3S. The Balaban J connectivity index is 1.53. The molecular weight excluding hydrogens is 438 g/mol. The van der Waals surface area contributed by atoms with Crippen LogP contribution in [0.1, 0.15) is 54.9 Å². The van der Waals surface area contributed by atoms with Gasteiger partial charge in [0.1, 0.15) is 0 Å². The Bertz CT molecular complexity index is 1080. The number of carbonyl (C=O) groups excluding carboxylic acids is 1. The molecule has 2 aliphatic carbocycles. The Morgan fingerprint density at radius 1 is 1.27 bits per heavy atom. The number of ether oxygens (including phenoxy) is 1. The van der Waals surface area contributed by atoms with Gasteiger partial charge in [-0.1, -0.05) is 16.5 Å². The van der Waals surface area contributed by atoms with Crippen molar-refractivity contribution >= 4 is 21.6 Å². The van der Waals surface area contributed by atoms with Gasteiger partial charge in [0.05, 0.1) is 6.61 Å². The topological polar surface area (TPSA) is 107 Å². The SMILES string of the molecule is COCCN1CCC[C@@]1(C)/C=C/S(=O)(=NC#N)NC(=O)Nc1c2c(cc3c1CCC3)CCC2. The van der Waals surface area contributed by atoms with Gasteiger partial charge < -0.3 is 10.1 Å². The first-order valence-corrected chi connectivity index (χ1v) is 13.3. The molecule has 1 heterocycles. The molecule has 8 nitrogen and oxygen atoms in total. The first kappa shape index (κ1) is 23.7. The molecule has 1 unspecified atom stereocenters. The van der Waals surface area contributed by atoms with Gasteiger partial charge in [-0.3, -0.25) is 4.90 Å². The Labute approximate surface area is 196 Å². The average molecular weight is 472 g/mol. The minimum Gasteiger partial charge on any atom is -0.383 e. The lowest BCUT2D eigenvalue weighted by molar-refractivity contribution is 0.122. The number of amides is 2. The smallest absolute Gasteiger partial charge is 0.331 e. The van der Waals surface area contributed by atoms with E-state index in [1.54, 1.807) is 13.3 Å². The lowest BCUT2D eigenvalue weighted by atomic mass is 9.99. The summed E-state index contributed by atoms with van der Waals surface area (Å²) in [7, 11) is -1.72.